The fraction of sp³-hybridized carbons (Fsp3) is 0.278. The maximum absolute atomic E-state index is 12.2. The van der Waals surface area contributed by atoms with E-state index < -0.39 is 4.92 Å². The molecule has 7 heteroatoms. The van der Waals surface area contributed by atoms with Gasteiger partial charge in [-0.15, -0.1) is 0 Å². The molecule has 1 N–H and O–H groups in total. The van der Waals surface area contributed by atoms with Crippen LogP contribution in [0.15, 0.2) is 42.5 Å². The van der Waals surface area contributed by atoms with Gasteiger partial charge in [0, 0.05) is 6.07 Å². The number of para-hydroxylation sites is 2. The van der Waals surface area contributed by atoms with Crippen LogP contribution >= 0.6 is 0 Å². The standard InChI is InChI=1S/C18H20N2O5/c1-3-24-16-10-9-13(11-17(16)25-4-2)12-18(21)19-14-7-5-6-8-15(14)20(22)23/h5-11H,3-4,12H2,1-2H3,(H,19,21). The number of anilines is 1. The Balaban J connectivity index is 2.13. The number of ether oxygens (including phenoxy) is 2. The first-order chi connectivity index (χ1) is 12.0. The van der Waals surface area contributed by atoms with Crippen molar-refractivity contribution in [1.29, 1.82) is 0 Å². The van der Waals surface area contributed by atoms with Crippen molar-refractivity contribution < 1.29 is 19.2 Å². The Labute approximate surface area is 145 Å². The van der Waals surface area contributed by atoms with E-state index in [1.54, 1.807) is 30.3 Å². The molecule has 0 aliphatic heterocycles. The van der Waals surface area contributed by atoms with Crippen LogP contribution in [0.1, 0.15) is 19.4 Å². The minimum Gasteiger partial charge on any atom is -0.490 e. The van der Waals surface area contributed by atoms with Crippen LogP contribution in [0.3, 0.4) is 0 Å². The first kappa shape index (κ1) is 18.3. The number of hydrogen-bond acceptors (Lipinski definition) is 5. The van der Waals surface area contributed by atoms with Gasteiger partial charge in [0.1, 0.15) is 5.69 Å². The van der Waals surface area contributed by atoms with Gasteiger partial charge in [-0.1, -0.05) is 18.2 Å². The van der Waals surface area contributed by atoms with Crippen LogP contribution in [-0.4, -0.2) is 24.0 Å². The third-order valence-electron chi connectivity index (χ3n) is 3.35. The Kier molecular flexibility index (Phi) is 6.33. The quantitative estimate of drug-likeness (QED) is 0.584. The second-order valence-electron chi connectivity index (χ2n) is 5.15. The molecule has 2 aromatic rings. The lowest BCUT2D eigenvalue weighted by atomic mass is 10.1. The lowest BCUT2D eigenvalue weighted by Gasteiger charge is -2.12. The second-order valence-corrected chi connectivity index (χ2v) is 5.15. The lowest BCUT2D eigenvalue weighted by molar-refractivity contribution is -0.383. The van der Waals surface area contributed by atoms with Crippen LogP contribution in [-0.2, 0) is 11.2 Å². The molecule has 2 aromatic carbocycles. The molecule has 0 saturated heterocycles. The molecular formula is C18H20N2O5. The van der Waals surface area contributed by atoms with E-state index >= 15 is 0 Å². The summed E-state index contributed by atoms with van der Waals surface area (Å²) in [5.41, 5.74) is 0.758. The Hall–Kier alpha value is -3.09. The van der Waals surface area contributed by atoms with Crippen molar-refractivity contribution in [3.63, 3.8) is 0 Å². The summed E-state index contributed by atoms with van der Waals surface area (Å²) in [6.07, 6.45) is 0.0680. The minimum absolute atomic E-state index is 0.0680. The zero-order chi connectivity index (χ0) is 18.2. The number of nitrogens with one attached hydrogen (secondary N) is 1. The maximum atomic E-state index is 12.2. The number of hydrogen-bond donors (Lipinski definition) is 1. The van der Waals surface area contributed by atoms with E-state index in [0.717, 1.165) is 5.56 Å². The normalized spacial score (nSPS) is 10.2. The number of nitrogens with zero attached hydrogens (tertiary/aromatic N) is 1. The van der Waals surface area contributed by atoms with Gasteiger partial charge < -0.3 is 14.8 Å². The number of carbonyl (C=O) groups is 1. The summed E-state index contributed by atoms with van der Waals surface area (Å²) in [7, 11) is 0. The van der Waals surface area contributed by atoms with Gasteiger partial charge in [-0.05, 0) is 37.6 Å². The van der Waals surface area contributed by atoms with Gasteiger partial charge in [-0.3, -0.25) is 14.9 Å². The van der Waals surface area contributed by atoms with Crippen LogP contribution in [0, 0.1) is 10.1 Å². The van der Waals surface area contributed by atoms with Gasteiger partial charge >= 0.3 is 0 Å². The average Bonchev–Trinajstić information content (AvgIpc) is 2.58. The zero-order valence-electron chi connectivity index (χ0n) is 14.2. The maximum Gasteiger partial charge on any atom is 0.292 e. The van der Waals surface area contributed by atoms with Gasteiger partial charge in [0.2, 0.25) is 5.91 Å². The van der Waals surface area contributed by atoms with Crippen molar-refractivity contribution in [3.05, 3.63) is 58.1 Å². The van der Waals surface area contributed by atoms with E-state index in [2.05, 4.69) is 5.32 Å². The number of carbonyl (C=O) groups excluding carboxylic acids is 1. The average molecular weight is 344 g/mol. The molecule has 0 unspecified atom stereocenters. The SMILES string of the molecule is CCOc1ccc(CC(=O)Nc2ccccc2[N+](=O)[O-])cc1OCC. The third kappa shape index (κ3) is 4.94. The second kappa shape index (κ2) is 8.68. The highest BCUT2D eigenvalue weighted by atomic mass is 16.6. The van der Waals surface area contributed by atoms with E-state index in [9.17, 15) is 14.9 Å². The Morgan fingerprint density at radius 2 is 1.76 bits per heavy atom. The molecule has 0 saturated carbocycles. The molecule has 0 fully saturated rings. The van der Waals surface area contributed by atoms with Gasteiger partial charge in [0.05, 0.1) is 24.6 Å². The van der Waals surface area contributed by atoms with Gasteiger partial charge in [-0.25, -0.2) is 0 Å². The van der Waals surface area contributed by atoms with E-state index in [1.165, 1.54) is 12.1 Å². The predicted molar refractivity (Wildman–Crippen MR) is 94.2 cm³/mol. The van der Waals surface area contributed by atoms with Gasteiger partial charge in [0.25, 0.3) is 5.69 Å². The molecular weight excluding hydrogens is 324 g/mol. The first-order valence-corrected chi connectivity index (χ1v) is 7.97. The topological polar surface area (TPSA) is 90.7 Å². The molecule has 0 spiro atoms. The van der Waals surface area contributed by atoms with E-state index in [0.29, 0.717) is 24.7 Å². The Morgan fingerprint density at radius 3 is 2.44 bits per heavy atom. The summed E-state index contributed by atoms with van der Waals surface area (Å²) < 4.78 is 11.0. The van der Waals surface area contributed by atoms with Crippen LogP contribution in [0.2, 0.25) is 0 Å². The number of rotatable bonds is 8. The highest BCUT2D eigenvalue weighted by molar-refractivity contribution is 5.94. The molecule has 2 rings (SSSR count). The monoisotopic (exact) mass is 344 g/mol. The summed E-state index contributed by atoms with van der Waals surface area (Å²) in [6.45, 7) is 4.73. The Morgan fingerprint density at radius 1 is 1.08 bits per heavy atom. The van der Waals surface area contributed by atoms with Crippen molar-refractivity contribution >= 4 is 17.3 Å². The molecule has 0 aromatic heterocycles. The van der Waals surface area contributed by atoms with Crippen LogP contribution in [0.4, 0.5) is 11.4 Å². The summed E-state index contributed by atoms with van der Waals surface area (Å²) in [5.74, 6) is 0.841. The fourth-order valence-electron chi connectivity index (χ4n) is 2.32. The lowest BCUT2D eigenvalue weighted by Crippen LogP contribution is -2.15. The van der Waals surface area contributed by atoms with Crippen LogP contribution < -0.4 is 14.8 Å². The molecule has 1 amide bonds. The van der Waals surface area contributed by atoms with Gasteiger partial charge in [-0.2, -0.15) is 0 Å². The number of nitro benzene ring substituents is 1. The van der Waals surface area contributed by atoms with Crippen LogP contribution in [0.25, 0.3) is 0 Å². The highest BCUT2D eigenvalue weighted by Gasteiger charge is 2.15. The van der Waals surface area contributed by atoms with Crippen molar-refractivity contribution in [2.45, 2.75) is 20.3 Å². The molecule has 0 bridgehead atoms. The first-order valence-electron chi connectivity index (χ1n) is 7.97. The molecule has 0 atom stereocenters. The van der Waals surface area contributed by atoms with E-state index in [-0.39, 0.29) is 23.7 Å². The smallest absolute Gasteiger partial charge is 0.292 e. The van der Waals surface area contributed by atoms with E-state index in [1.807, 2.05) is 13.8 Å². The molecule has 25 heavy (non-hydrogen) atoms. The molecule has 132 valence electrons. The zero-order valence-corrected chi connectivity index (χ0v) is 14.2. The van der Waals surface area contributed by atoms with E-state index in [4.69, 9.17) is 9.47 Å². The summed E-state index contributed by atoms with van der Waals surface area (Å²) in [5, 5.41) is 13.6. The summed E-state index contributed by atoms with van der Waals surface area (Å²) in [4.78, 5) is 22.7. The van der Waals surface area contributed by atoms with Crippen LogP contribution in [0.5, 0.6) is 11.5 Å². The molecule has 0 heterocycles. The highest BCUT2D eigenvalue weighted by Crippen LogP contribution is 2.29. The number of benzene rings is 2. The fourth-order valence-corrected chi connectivity index (χ4v) is 2.32. The molecule has 7 nitrogen and oxygen atoms in total. The molecule has 0 radical (unpaired) electrons. The van der Waals surface area contributed by atoms with Gasteiger partial charge in [0.15, 0.2) is 11.5 Å². The van der Waals surface area contributed by atoms with Crippen molar-refractivity contribution in [2.24, 2.45) is 0 Å². The number of nitro groups is 1. The third-order valence-corrected chi connectivity index (χ3v) is 3.35. The predicted octanol–water partition coefficient (Wildman–Crippen LogP) is 3.57. The summed E-state index contributed by atoms with van der Waals surface area (Å²) >= 11 is 0. The van der Waals surface area contributed by atoms with Crippen molar-refractivity contribution in [3.8, 4) is 11.5 Å². The summed E-state index contributed by atoms with van der Waals surface area (Å²) in [6, 6.07) is 11.3. The minimum atomic E-state index is -0.528. The molecule has 0 aliphatic carbocycles. The Bertz CT molecular complexity index is 761. The molecule has 0 aliphatic rings. The van der Waals surface area contributed by atoms with Crippen molar-refractivity contribution in [1.82, 2.24) is 0 Å². The largest absolute Gasteiger partial charge is 0.490 e. The number of amides is 1. The van der Waals surface area contributed by atoms with Crippen molar-refractivity contribution in [2.75, 3.05) is 18.5 Å².